The van der Waals surface area contributed by atoms with E-state index in [0.29, 0.717) is 17.7 Å². The molecule has 0 saturated carbocycles. The van der Waals surface area contributed by atoms with Crippen molar-refractivity contribution in [3.63, 3.8) is 0 Å². The van der Waals surface area contributed by atoms with Crippen molar-refractivity contribution in [2.75, 3.05) is 0 Å². The molecule has 2 N–H and O–H groups in total. The normalized spacial score (nSPS) is 11.2. The van der Waals surface area contributed by atoms with Gasteiger partial charge in [-0.25, -0.2) is 0 Å². The van der Waals surface area contributed by atoms with Crippen LogP contribution in [0.15, 0.2) is 29.2 Å². The fourth-order valence-electron chi connectivity index (χ4n) is 5.24. The van der Waals surface area contributed by atoms with Crippen molar-refractivity contribution in [3.8, 4) is 0 Å². The van der Waals surface area contributed by atoms with Crippen molar-refractivity contribution in [2.24, 2.45) is 0 Å². The summed E-state index contributed by atoms with van der Waals surface area (Å²) in [5, 5.41) is 17.0. The molecule has 0 radical (unpaired) electrons. The van der Waals surface area contributed by atoms with Gasteiger partial charge in [0, 0.05) is 17.7 Å². The molecule has 0 aliphatic heterocycles. The Morgan fingerprint density at radius 2 is 0.739 bits per heavy atom. The first-order valence-corrected chi connectivity index (χ1v) is 19.9. The van der Waals surface area contributed by atoms with E-state index < -0.39 is 23.0 Å². The van der Waals surface area contributed by atoms with Crippen LogP contribution in [0.1, 0.15) is 199 Å². The van der Waals surface area contributed by atoms with E-state index in [-0.39, 0.29) is 0 Å². The molecule has 6 nitrogen and oxygen atoms in total. The second kappa shape index (κ2) is 37.7. The maximum Gasteiger partial charge on any atom is 0.303 e. The quantitative estimate of drug-likeness (QED) is 0.0649. The zero-order valence-electron chi connectivity index (χ0n) is 30.0. The van der Waals surface area contributed by atoms with Crippen LogP contribution in [0, 0.1) is 6.92 Å². The van der Waals surface area contributed by atoms with E-state index in [1.807, 2.05) is 6.92 Å². The van der Waals surface area contributed by atoms with E-state index in [4.69, 9.17) is 10.2 Å². The van der Waals surface area contributed by atoms with Crippen molar-refractivity contribution in [2.45, 2.75) is 205 Å². The third kappa shape index (κ3) is 40.3. The first-order chi connectivity index (χ1) is 22.2. The minimum atomic E-state index is -2.09. The number of carbonyl (C=O) groups is 2. The number of carboxylic acids is 2. The van der Waals surface area contributed by atoms with E-state index >= 15 is 0 Å². The molecule has 0 aromatic heterocycles. The summed E-state index contributed by atoms with van der Waals surface area (Å²) in [5.74, 6) is -1.31. The molecule has 1 unspecified atom stereocenters. The number of hydrogen-bond acceptors (Lipinski definition) is 4. The van der Waals surface area contributed by atoms with Crippen LogP contribution >= 0.6 is 0 Å². The van der Waals surface area contributed by atoms with Crippen LogP contribution in [0.25, 0.3) is 0 Å². The number of carboxylic acid groups (broad SMARTS) is 2. The van der Waals surface area contributed by atoms with Gasteiger partial charge in [-0.15, -0.1) is 0 Å². The Labute approximate surface area is 286 Å². The van der Waals surface area contributed by atoms with Gasteiger partial charge in [-0.1, -0.05) is 186 Å². The van der Waals surface area contributed by atoms with E-state index in [1.54, 1.807) is 24.3 Å². The van der Waals surface area contributed by atoms with Gasteiger partial charge < -0.3 is 14.8 Å². The highest BCUT2D eigenvalue weighted by Gasteiger charge is 1.98. The van der Waals surface area contributed by atoms with Crippen LogP contribution in [-0.4, -0.2) is 30.9 Å². The fraction of sp³-hybridized carbons (Fsp3) is 0.795. The molecule has 0 saturated heterocycles. The summed E-state index contributed by atoms with van der Waals surface area (Å²) in [6.07, 6.45) is 34.5. The summed E-state index contributed by atoms with van der Waals surface area (Å²) in [6, 6.07) is 6.70. The smallest absolute Gasteiger partial charge is 0.303 e. The molecule has 1 aromatic rings. The molecule has 270 valence electrons. The minimum Gasteiger partial charge on any atom is -0.768 e. The molecule has 0 amide bonds. The molecule has 1 aromatic carbocycles. The lowest BCUT2D eigenvalue weighted by atomic mass is 10.0. The molecule has 0 bridgehead atoms. The van der Waals surface area contributed by atoms with Crippen LogP contribution in [-0.2, 0) is 20.7 Å². The molecule has 0 aliphatic rings. The molecule has 0 heterocycles. The summed E-state index contributed by atoms with van der Waals surface area (Å²) in [5.41, 5.74) is 1.06. The van der Waals surface area contributed by atoms with Crippen molar-refractivity contribution < 1.29 is 28.6 Å². The number of aryl methyl sites for hydroxylation is 1. The standard InChI is InChI=1S/2C16H32O2.C7H8O2S/c2*1-2-3-4-5-6-7-8-9-10-11-12-13-14-15-16(17)18;1-6-2-4-7(5-3-6)10(8)9/h2*2-15H2,1H3,(H,17,18);2-5H,1H3,(H,8,9)/p-1. The average Bonchev–Trinajstić information content (AvgIpc) is 3.02. The van der Waals surface area contributed by atoms with Crippen molar-refractivity contribution in [3.05, 3.63) is 29.8 Å². The Balaban J connectivity index is 0. The summed E-state index contributed by atoms with van der Waals surface area (Å²) in [4.78, 5) is 20.9. The second-order valence-corrected chi connectivity index (χ2v) is 13.8. The van der Waals surface area contributed by atoms with Crippen molar-refractivity contribution in [1.29, 1.82) is 0 Å². The predicted molar refractivity (Wildman–Crippen MR) is 194 cm³/mol. The highest BCUT2D eigenvalue weighted by atomic mass is 32.2. The van der Waals surface area contributed by atoms with Gasteiger partial charge in [0.25, 0.3) is 0 Å². The van der Waals surface area contributed by atoms with Gasteiger partial charge in [-0.2, -0.15) is 0 Å². The van der Waals surface area contributed by atoms with Gasteiger partial charge in [-0.05, 0) is 43.0 Å². The lowest BCUT2D eigenvalue weighted by molar-refractivity contribution is -0.138. The minimum absolute atomic E-state index is 0.339. The molecule has 46 heavy (non-hydrogen) atoms. The molecular weight excluding hydrogens is 596 g/mol. The third-order valence-electron chi connectivity index (χ3n) is 8.20. The maximum absolute atomic E-state index is 10.3. The van der Waals surface area contributed by atoms with Gasteiger partial charge in [0.2, 0.25) is 0 Å². The highest BCUT2D eigenvalue weighted by molar-refractivity contribution is 7.79. The van der Waals surface area contributed by atoms with E-state index in [2.05, 4.69) is 13.8 Å². The summed E-state index contributed by atoms with van der Waals surface area (Å²) < 4.78 is 20.6. The Morgan fingerprint density at radius 1 is 0.500 bits per heavy atom. The topological polar surface area (TPSA) is 115 Å². The number of unbranched alkanes of at least 4 members (excludes halogenated alkanes) is 24. The molecule has 7 heteroatoms. The number of hydrogen-bond donors (Lipinski definition) is 2. The molecule has 0 spiro atoms. The Morgan fingerprint density at radius 3 is 0.957 bits per heavy atom. The Kier molecular flexibility index (Phi) is 38.0. The van der Waals surface area contributed by atoms with Gasteiger partial charge in [-0.3, -0.25) is 13.8 Å². The van der Waals surface area contributed by atoms with Gasteiger partial charge in [0.15, 0.2) is 0 Å². The first-order valence-electron chi connectivity index (χ1n) is 18.8. The number of rotatable bonds is 29. The van der Waals surface area contributed by atoms with Gasteiger partial charge in [0.05, 0.1) is 0 Å². The lowest BCUT2D eigenvalue weighted by Crippen LogP contribution is -1.93. The Hall–Kier alpha value is -1.73. The Bertz CT molecular complexity index is 771. The molecule has 0 aliphatic carbocycles. The van der Waals surface area contributed by atoms with Gasteiger partial charge >= 0.3 is 11.9 Å². The molecule has 0 fully saturated rings. The molecule has 1 rings (SSSR count). The maximum atomic E-state index is 10.3. The highest BCUT2D eigenvalue weighted by Crippen LogP contribution is 2.14. The van der Waals surface area contributed by atoms with Crippen LogP contribution in [0.4, 0.5) is 0 Å². The van der Waals surface area contributed by atoms with E-state index in [9.17, 15) is 18.4 Å². The summed E-state index contributed by atoms with van der Waals surface area (Å²) in [7, 11) is 0. The van der Waals surface area contributed by atoms with Gasteiger partial charge in [0.1, 0.15) is 0 Å². The zero-order valence-corrected chi connectivity index (χ0v) is 30.9. The molecular formula is C39H71O6S-. The van der Waals surface area contributed by atoms with Crippen LogP contribution in [0.3, 0.4) is 0 Å². The van der Waals surface area contributed by atoms with E-state index in [1.165, 1.54) is 141 Å². The largest absolute Gasteiger partial charge is 0.768 e. The van der Waals surface area contributed by atoms with E-state index in [0.717, 1.165) is 31.2 Å². The fourth-order valence-corrected chi connectivity index (χ4v) is 5.60. The van der Waals surface area contributed by atoms with Crippen LogP contribution < -0.4 is 0 Å². The zero-order chi connectivity index (χ0) is 34.5. The van der Waals surface area contributed by atoms with Crippen LogP contribution in [0.5, 0.6) is 0 Å². The average molecular weight is 668 g/mol. The summed E-state index contributed by atoms with van der Waals surface area (Å²) >= 11 is -2.09. The number of benzene rings is 1. The van der Waals surface area contributed by atoms with Crippen molar-refractivity contribution in [1.82, 2.24) is 0 Å². The second-order valence-electron chi connectivity index (χ2n) is 12.8. The number of aliphatic carboxylic acids is 2. The summed E-state index contributed by atoms with van der Waals surface area (Å²) in [6.45, 7) is 6.43. The van der Waals surface area contributed by atoms with Crippen LogP contribution in [0.2, 0.25) is 0 Å². The first kappa shape index (κ1) is 46.4. The molecule has 1 atom stereocenters. The van der Waals surface area contributed by atoms with Crippen molar-refractivity contribution >= 4 is 23.0 Å². The predicted octanol–water partition coefficient (Wildman–Crippen LogP) is 12.3. The monoisotopic (exact) mass is 667 g/mol. The SMILES string of the molecule is CCCCCCCCCCCCCCCC(=O)O.CCCCCCCCCCCCCCCC(=O)O.Cc1ccc(S(=O)[O-])cc1. The third-order valence-corrected chi connectivity index (χ3v) is 8.86. The lowest BCUT2D eigenvalue weighted by Gasteiger charge is -2.03.